The van der Waals surface area contributed by atoms with Crippen LogP contribution in [0.2, 0.25) is 0 Å². The molecule has 0 amide bonds. The smallest absolute Gasteiger partial charge is 0.335 e. The molecule has 0 aliphatic heterocycles. The molecular formula is C14H16BrN3O3. The number of rotatable bonds is 5. The van der Waals surface area contributed by atoms with Gasteiger partial charge in [0, 0.05) is 6.54 Å². The zero-order chi connectivity index (χ0) is 15.6. The Morgan fingerprint density at radius 1 is 1.52 bits per heavy atom. The van der Waals surface area contributed by atoms with Crippen molar-refractivity contribution >= 4 is 27.6 Å². The monoisotopic (exact) mass is 353 g/mol. The fourth-order valence-electron chi connectivity index (χ4n) is 1.95. The molecule has 0 aliphatic carbocycles. The Morgan fingerprint density at radius 2 is 2.24 bits per heavy atom. The van der Waals surface area contributed by atoms with Gasteiger partial charge < -0.3 is 15.6 Å². The third-order valence-corrected chi connectivity index (χ3v) is 4.11. The summed E-state index contributed by atoms with van der Waals surface area (Å²) in [7, 11) is 0. The first-order valence-electron chi connectivity index (χ1n) is 6.41. The van der Waals surface area contributed by atoms with Gasteiger partial charge in [0.2, 0.25) is 0 Å². The number of carbonyl (C=O) groups is 1. The predicted molar refractivity (Wildman–Crippen MR) is 82.5 cm³/mol. The number of nitrogen functional groups attached to an aromatic ring is 1. The molecule has 0 saturated carbocycles. The second kappa shape index (κ2) is 6.17. The van der Waals surface area contributed by atoms with Gasteiger partial charge in [-0.25, -0.2) is 4.79 Å². The number of nitrogens with two attached hydrogens (primary N) is 1. The molecule has 2 rings (SSSR count). The molecule has 0 saturated heterocycles. The largest absolute Gasteiger partial charge is 0.485 e. The summed E-state index contributed by atoms with van der Waals surface area (Å²) in [5.74, 6) is -0.668. The number of carboxylic acid groups (broad SMARTS) is 1. The van der Waals surface area contributed by atoms with Crippen molar-refractivity contribution < 1.29 is 14.6 Å². The summed E-state index contributed by atoms with van der Waals surface area (Å²) in [4.78, 5) is 11.0. The Morgan fingerprint density at radius 3 is 2.86 bits per heavy atom. The van der Waals surface area contributed by atoms with E-state index in [1.54, 1.807) is 0 Å². The molecule has 1 aromatic heterocycles. The van der Waals surface area contributed by atoms with Crippen LogP contribution in [-0.2, 0) is 13.2 Å². The normalized spacial score (nSPS) is 10.6. The first kappa shape index (κ1) is 15.4. The third kappa shape index (κ3) is 3.18. The zero-order valence-corrected chi connectivity index (χ0v) is 13.3. The van der Waals surface area contributed by atoms with Gasteiger partial charge in [-0.2, -0.15) is 5.10 Å². The summed E-state index contributed by atoms with van der Waals surface area (Å²) in [6.07, 6.45) is 0. The fraction of sp³-hybridized carbons (Fsp3) is 0.286. The van der Waals surface area contributed by atoms with Crippen LogP contribution < -0.4 is 10.5 Å². The molecule has 0 atom stereocenters. The lowest BCUT2D eigenvalue weighted by molar-refractivity contribution is 0.0696. The molecule has 7 heteroatoms. The van der Waals surface area contributed by atoms with E-state index in [-0.39, 0.29) is 12.2 Å². The number of benzene rings is 1. The topological polar surface area (TPSA) is 90.4 Å². The number of halogens is 1. The highest BCUT2D eigenvalue weighted by atomic mass is 79.9. The SMILES string of the molecule is CCn1nc(C)c(Br)c1COc1cc(C(=O)O)ccc1N. The summed E-state index contributed by atoms with van der Waals surface area (Å²) >= 11 is 3.48. The van der Waals surface area contributed by atoms with Crippen LogP contribution in [0.3, 0.4) is 0 Å². The molecular weight excluding hydrogens is 338 g/mol. The van der Waals surface area contributed by atoms with Crippen molar-refractivity contribution in [3.8, 4) is 5.75 Å². The number of aromatic carboxylic acids is 1. The third-order valence-electron chi connectivity index (χ3n) is 3.08. The Balaban J connectivity index is 2.24. The number of carboxylic acids is 1. The standard InChI is InChI=1S/C14H16BrN3O3/c1-3-18-11(13(15)8(2)17-18)7-21-12-6-9(14(19)20)4-5-10(12)16/h4-6H,3,7,16H2,1-2H3,(H,19,20). The van der Waals surface area contributed by atoms with E-state index < -0.39 is 5.97 Å². The van der Waals surface area contributed by atoms with Gasteiger partial charge in [-0.05, 0) is 48.0 Å². The molecule has 0 spiro atoms. The minimum Gasteiger partial charge on any atom is -0.485 e. The quantitative estimate of drug-likeness (QED) is 0.806. The van der Waals surface area contributed by atoms with Gasteiger partial charge in [0.25, 0.3) is 0 Å². The number of anilines is 1. The number of hydrogen-bond donors (Lipinski definition) is 2. The maximum atomic E-state index is 11.0. The Bertz CT molecular complexity index is 682. The molecule has 2 aromatic rings. The molecule has 6 nitrogen and oxygen atoms in total. The summed E-state index contributed by atoms with van der Waals surface area (Å²) in [6, 6.07) is 4.39. The Kier molecular flexibility index (Phi) is 4.52. The van der Waals surface area contributed by atoms with Crippen molar-refractivity contribution in [3.63, 3.8) is 0 Å². The molecule has 0 aliphatic rings. The van der Waals surface area contributed by atoms with Crippen LogP contribution in [0, 0.1) is 6.92 Å². The van der Waals surface area contributed by atoms with Crippen LogP contribution in [0.5, 0.6) is 5.75 Å². The summed E-state index contributed by atoms with van der Waals surface area (Å²) in [5.41, 5.74) is 8.11. The van der Waals surface area contributed by atoms with Crippen molar-refractivity contribution in [1.82, 2.24) is 9.78 Å². The van der Waals surface area contributed by atoms with Gasteiger partial charge in [-0.3, -0.25) is 4.68 Å². The van der Waals surface area contributed by atoms with Gasteiger partial charge in [-0.1, -0.05) is 0 Å². The number of hydrogen-bond acceptors (Lipinski definition) is 4. The van der Waals surface area contributed by atoms with E-state index in [0.29, 0.717) is 11.4 Å². The molecule has 0 bridgehead atoms. The lowest BCUT2D eigenvalue weighted by Crippen LogP contribution is -2.08. The highest BCUT2D eigenvalue weighted by Crippen LogP contribution is 2.26. The van der Waals surface area contributed by atoms with Crippen LogP contribution in [-0.4, -0.2) is 20.9 Å². The molecule has 112 valence electrons. The number of ether oxygens (including phenoxy) is 1. The lowest BCUT2D eigenvalue weighted by atomic mass is 10.2. The van der Waals surface area contributed by atoms with E-state index in [9.17, 15) is 4.79 Å². The highest BCUT2D eigenvalue weighted by molar-refractivity contribution is 9.10. The molecule has 21 heavy (non-hydrogen) atoms. The maximum absolute atomic E-state index is 11.0. The van der Waals surface area contributed by atoms with E-state index in [2.05, 4.69) is 21.0 Å². The van der Waals surface area contributed by atoms with Crippen LogP contribution in [0.25, 0.3) is 0 Å². The molecule has 3 N–H and O–H groups in total. The predicted octanol–water partition coefficient (Wildman–Crippen LogP) is 2.83. The van der Waals surface area contributed by atoms with Crippen molar-refractivity contribution in [3.05, 3.63) is 39.6 Å². The number of nitrogens with zero attached hydrogens (tertiary/aromatic N) is 2. The average Bonchev–Trinajstić information content (AvgIpc) is 2.73. The van der Waals surface area contributed by atoms with Gasteiger partial charge in [0.05, 0.1) is 27.1 Å². The van der Waals surface area contributed by atoms with Gasteiger partial charge in [-0.15, -0.1) is 0 Å². The van der Waals surface area contributed by atoms with Crippen LogP contribution in [0.1, 0.15) is 28.7 Å². The fourth-order valence-corrected chi connectivity index (χ4v) is 2.34. The molecule has 0 unspecified atom stereocenters. The Hall–Kier alpha value is -2.02. The van der Waals surface area contributed by atoms with Gasteiger partial charge in [0.15, 0.2) is 0 Å². The van der Waals surface area contributed by atoms with E-state index in [1.165, 1.54) is 18.2 Å². The summed E-state index contributed by atoms with van der Waals surface area (Å²) in [6.45, 7) is 4.86. The Labute approximate surface area is 130 Å². The number of aromatic nitrogens is 2. The first-order valence-corrected chi connectivity index (χ1v) is 7.20. The molecule has 1 heterocycles. The second-order valence-corrected chi connectivity index (χ2v) is 5.30. The van der Waals surface area contributed by atoms with Crippen molar-refractivity contribution in [2.24, 2.45) is 0 Å². The van der Waals surface area contributed by atoms with Gasteiger partial charge in [0.1, 0.15) is 12.4 Å². The van der Waals surface area contributed by atoms with E-state index in [1.807, 2.05) is 18.5 Å². The van der Waals surface area contributed by atoms with Crippen LogP contribution in [0.15, 0.2) is 22.7 Å². The van der Waals surface area contributed by atoms with Crippen molar-refractivity contribution in [2.75, 3.05) is 5.73 Å². The minimum absolute atomic E-state index is 0.137. The second-order valence-electron chi connectivity index (χ2n) is 4.51. The minimum atomic E-state index is -1.02. The first-order chi connectivity index (χ1) is 9.93. The van der Waals surface area contributed by atoms with Crippen molar-refractivity contribution in [1.29, 1.82) is 0 Å². The van der Waals surface area contributed by atoms with Crippen LogP contribution in [0.4, 0.5) is 5.69 Å². The summed E-state index contributed by atoms with van der Waals surface area (Å²) in [5, 5.41) is 13.4. The summed E-state index contributed by atoms with van der Waals surface area (Å²) < 4.78 is 8.39. The molecule has 0 fully saturated rings. The van der Waals surface area contributed by atoms with Crippen LogP contribution >= 0.6 is 15.9 Å². The highest BCUT2D eigenvalue weighted by Gasteiger charge is 2.14. The van der Waals surface area contributed by atoms with Gasteiger partial charge >= 0.3 is 5.97 Å². The number of aryl methyl sites for hydroxylation is 2. The van der Waals surface area contributed by atoms with E-state index in [4.69, 9.17) is 15.6 Å². The lowest BCUT2D eigenvalue weighted by Gasteiger charge is -2.11. The average molecular weight is 354 g/mol. The van der Waals surface area contributed by atoms with E-state index in [0.717, 1.165) is 22.4 Å². The maximum Gasteiger partial charge on any atom is 0.335 e. The zero-order valence-electron chi connectivity index (χ0n) is 11.8. The van der Waals surface area contributed by atoms with E-state index >= 15 is 0 Å². The van der Waals surface area contributed by atoms with Crippen molar-refractivity contribution in [2.45, 2.75) is 27.0 Å². The molecule has 0 radical (unpaired) electrons. The molecule has 1 aromatic carbocycles.